The number of para-hydroxylation sites is 2. The van der Waals surface area contributed by atoms with Crippen molar-refractivity contribution in [2.45, 2.75) is 19.1 Å². The zero-order chi connectivity index (χ0) is 23.5. The molecule has 0 aliphatic carbocycles. The van der Waals surface area contributed by atoms with Crippen LogP contribution in [0.25, 0.3) is 21.8 Å². The lowest BCUT2D eigenvalue weighted by molar-refractivity contribution is 0.0909. The number of nitrogens with zero attached hydrogens (tertiary/aromatic N) is 1. The summed E-state index contributed by atoms with van der Waals surface area (Å²) in [6, 6.07) is 26.3. The smallest absolute Gasteiger partial charge is 0.408 e. The highest BCUT2D eigenvalue weighted by molar-refractivity contribution is 6.04. The van der Waals surface area contributed by atoms with Crippen molar-refractivity contribution in [1.82, 2.24) is 14.9 Å². The fourth-order valence-corrected chi connectivity index (χ4v) is 4.34. The Bertz CT molecular complexity index is 1470. The van der Waals surface area contributed by atoms with Crippen molar-refractivity contribution in [2.24, 2.45) is 7.05 Å². The second-order valence-corrected chi connectivity index (χ2v) is 8.33. The van der Waals surface area contributed by atoms with Gasteiger partial charge < -0.3 is 19.6 Å². The van der Waals surface area contributed by atoms with E-state index in [2.05, 4.69) is 10.3 Å². The number of ether oxygens (including phenoxy) is 1. The molecule has 3 aromatic carbocycles. The minimum Gasteiger partial charge on any atom is -0.445 e. The van der Waals surface area contributed by atoms with Crippen LogP contribution in [0.5, 0.6) is 0 Å². The number of H-pyrrole nitrogens is 1. The SMILES string of the molecule is Cn1c(C(=O)[C@H](Cc2c[nH]c3ccccc23)NC(=O)OCc2ccccc2)cc2ccccc21. The minimum atomic E-state index is -0.787. The number of aromatic nitrogens is 2. The molecule has 2 N–H and O–H groups in total. The van der Waals surface area contributed by atoms with Crippen LogP contribution in [-0.2, 0) is 24.8 Å². The molecule has 0 aliphatic heterocycles. The number of hydrogen-bond donors (Lipinski definition) is 2. The molecular weight excluding hydrogens is 426 g/mol. The van der Waals surface area contributed by atoms with E-state index in [4.69, 9.17) is 4.74 Å². The number of Topliss-reactive ketones (excluding diaryl/α,β-unsaturated/α-hetero) is 1. The molecule has 170 valence electrons. The van der Waals surface area contributed by atoms with Gasteiger partial charge in [-0.3, -0.25) is 4.79 Å². The number of alkyl carbamates (subject to hydrolysis) is 1. The number of ketones is 1. The fourth-order valence-electron chi connectivity index (χ4n) is 4.34. The Balaban J connectivity index is 1.42. The molecule has 0 saturated carbocycles. The molecule has 1 amide bonds. The Hall–Kier alpha value is -4.32. The summed E-state index contributed by atoms with van der Waals surface area (Å²) < 4.78 is 7.30. The van der Waals surface area contributed by atoms with Gasteiger partial charge in [0.2, 0.25) is 5.78 Å². The first kappa shape index (κ1) is 21.5. The molecule has 0 radical (unpaired) electrons. The number of hydrogen-bond acceptors (Lipinski definition) is 3. The molecule has 5 rings (SSSR count). The van der Waals surface area contributed by atoms with Crippen molar-refractivity contribution in [1.29, 1.82) is 0 Å². The molecule has 0 saturated heterocycles. The third-order valence-corrected chi connectivity index (χ3v) is 6.12. The highest BCUT2D eigenvalue weighted by atomic mass is 16.5. The zero-order valence-electron chi connectivity index (χ0n) is 18.8. The van der Waals surface area contributed by atoms with Crippen molar-refractivity contribution in [3.05, 3.63) is 108 Å². The maximum atomic E-state index is 13.7. The number of rotatable bonds is 7. The van der Waals surface area contributed by atoms with E-state index < -0.39 is 12.1 Å². The summed E-state index contributed by atoms with van der Waals surface area (Å²) in [4.78, 5) is 29.7. The van der Waals surface area contributed by atoms with Crippen LogP contribution in [0.1, 0.15) is 21.6 Å². The standard InChI is InChI=1S/C28H25N3O3/c1-31-25-14-8-5-11-20(25)16-26(31)27(32)24(15-21-17-29-23-13-7-6-12-22(21)23)30-28(33)34-18-19-9-3-2-4-10-19/h2-14,16-17,24,29H,15,18H2,1H3,(H,30,33)/t24-/m0/s1. The van der Waals surface area contributed by atoms with Gasteiger partial charge in [0, 0.05) is 41.5 Å². The summed E-state index contributed by atoms with van der Waals surface area (Å²) in [5, 5.41) is 4.82. The number of aromatic amines is 1. The summed E-state index contributed by atoms with van der Waals surface area (Å²) >= 11 is 0. The number of carbonyl (C=O) groups excluding carboxylic acids is 2. The lowest BCUT2D eigenvalue weighted by Gasteiger charge is -2.18. The van der Waals surface area contributed by atoms with Crippen LogP contribution in [-0.4, -0.2) is 27.5 Å². The molecule has 0 unspecified atom stereocenters. The van der Waals surface area contributed by atoms with Crippen molar-refractivity contribution < 1.29 is 14.3 Å². The summed E-state index contributed by atoms with van der Waals surface area (Å²) in [6.45, 7) is 0.134. The highest BCUT2D eigenvalue weighted by Gasteiger charge is 2.27. The number of amides is 1. The average molecular weight is 452 g/mol. The Labute approximate surface area is 197 Å². The van der Waals surface area contributed by atoms with Gasteiger partial charge in [-0.2, -0.15) is 0 Å². The topological polar surface area (TPSA) is 76.1 Å². The zero-order valence-corrected chi connectivity index (χ0v) is 18.8. The van der Waals surface area contributed by atoms with Crippen LogP contribution < -0.4 is 5.32 Å². The predicted octanol–water partition coefficient (Wildman–Crippen LogP) is 5.38. The fraction of sp³-hybridized carbons (Fsp3) is 0.143. The maximum Gasteiger partial charge on any atom is 0.408 e. The van der Waals surface area contributed by atoms with Gasteiger partial charge in [-0.1, -0.05) is 66.7 Å². The van der Waals surface area contributed by atoms with E-state index in [1.807, 2.05) is 103 Å². The average Bonchev–Trinajstić information content (AvgIpc) is 3.44. The second-order valence-electron chi connectivity index (χ2n) is 8.33. The molecule has 0 aliphatic rings. The monoisotopic (exact) mass is 451 g/mol. The molecule has 0 spiro atoms. The van der Waals surface area contributed by atoms with E-state index in [9.17, 15) is 9.59 Å². The van der Waals surface area contributed by atoms with Gasteiger partial charge in [-0.25, -0.2) is 4.79 Å². The van der Waals surface area contributed by atoms with Crippen LogP contribution in [0.4, 0.5) is 4.79 Å². The summed E-state index contributed by atoms with van der Waals surface area (Å²) in [5.74, 6) is -0.166. The molecule has 0 fully saturated rings. The number of carbonyl (C=O) groups is 2. The van der Waals surface area contributed by atoms with Gasteiger partial charge in [-0.05, 0) is 29.3 Å². The lowest BCUT2D eigenvalue weighted by atomic mass is 10.00. The largest absolute Gasteiger partial charge is 0.445 e. The molecule has 0 bridgehead atoms. The van der Waals surface area contributed by atoms with Crippen LogP contribution >= 0.6 is 0 Å². The van der Waals surface area contributed by atoms with E-state index in [-0.39, 0.29) is 12.4 Å². The number of fused-ring (bicyclic) bond motifs is 2. The molecule has 6 heteroatoms. The van der Waals surface area contributed by atoms with Crippen molar-refractivity contribution in [3.63, 3.8) is 0 Å². The lowest BCUT2D eigenvalue weighted by Crippen LogP contribution is -2.43. The quantitative estimate of drug-likeness (QED) is 0.326. The van der Waals surface area contributed by atoms with Gasteiger partial charge in [0.1, 0.15) is 12.6 Å². The normalized spacial score (nSPS) is 12.0. The first-order valence-corrected chi connectivity index (χ1v) is 11.2. The van der Waals surface area contributed by atoms with Gasteiger partial charge in [0.25, 0.3) is 0 Å². The van der Waals surface area contributed by atoms with Crippen molar-refractivity contribution in [2.75, 3.05) is 0 Å². The number of aryl methyl sites for hydroxylation is 1. The molecule has 2 heterocycles. The van der Waals surface area contributed by atoms with Crippen LogP contribution in [0.15, 0.2) is 91.1 Å². The number of nitrogens with one attached hydrogen (secondary N) is 2. The van der Waals surface area contributed by atoms with Crippen LogP contribution in [0.2, 0.25) is 0 Å². The molecule has 5 aromatic rings. The third-order valence-electron chi connectivity index (χ3n) is 6.12. The van der Waals surface area contributed by atoms with Gasteiger partial charge in [0.15, 0.2) is 0 Å². The summed E-state index contributed by atoms with van der Waals surface area (Å²) in [6.07, 6.45) is 1.61. The Kier molecular flexibility index (Phi) is 5.87. The van der Waals surface area contributed by atoms with E-state index in [1.54, 1.807) is 0 Å². The molecule has 34 heavy (non-hydrogen) atoms. The highest BCUT2D eigenvalue weighted by Crippen LogP contribution is 2.23. The van der Waals surface area contributed by atoms with Crippen molar-refractivity contribution in [3.8, 4) is 0 Å². The Morgan fingerprint density at radius 3 is 2.53 bits per heavy atom. The first-order valence-electron chi connectivity index (χ1n) is 11.2. The minimum absolute atomic E-state index is 0.134. The third kappa shape index (κ3) is 4.30. The Morgan fingerprint density at radius 2 is 1.71 bits per heavy atom. The molecule has 6 nitrogen and oxygen atoms in total. The predicted molar refractivity (Wildman–Crippen MR) is 133 cm³/mol. The van der Waals surface area contributed by atoms with E-state index in [0.29, 0.717) is 12.1 Å². The van der Waals surface area contributed by atoms with Gasteiger partial charge >= 0.3 is 6.09 Å². The van der Waals surface area contributed by atoms with Gasteiger partial charge in [0.05, 0.1) is 5.69 Å². The molecule has 1 atom stereocenters. The van der Waals surface area contributed by atoms with E-state index >= 15 is 0 Å². The second kappa shape index (κ2) is 9.27. The summed E-state index contributed by atoms with van der Waals surface area (Å²) in [7, 11) is 1.87. The first-order chi connectivity index (χ1) is 16.6. The Morgan fingerprint density at radius 1 is 0.971 bits per heavy atom. The summed E-state index contributed by atoms with van der Waals surface area (Å²) in [5.41, 5.74) is 4.32. The molecular formula is C28H25N3O3. The van der Waals surface area contributed by atoms with Crippen molar-refractivity contribution >= 4 is 33.7 Å². The van der Waals surface area contributed by atoms with Crippen LogP contribution in [0, 0.1) is 0 Å². The number of benzene rings is 3. The van der Waals surface area contributed by atoms with Crippen LogP contribution in [0.3, 0.4) is 0 Å². The molecule has 2 aromatic heterocycles. The van der Waals surface area contributed by atoms with E-state index in [0.717, 1.165) is 32.9 Å². The van der Waals surface area contributed by atoms with E-state index in [1.165, 1.54) is 0 Å². The van der Waals surface area contributed by atoms with Gasteiger partial charge in [-0.15, -0.1) is 0 Å². The maximum absolute atomic E-state index is 13.7.